The Kier molecular flexibility index (Phi) is 1.54. The van der Waals surface area contributed by atoms with Crippen LogP contribution >= 0.6 is 11.6 Å². The van der Waals surface area contributed by atoms with Crippen LogP contribution in [0.1, 0.15) is 11.3 Å². The highest BCUT2D eigenvalue weighted by Crippen LogP contribution is 2.23. The maximum atomic E-state index is 5.92. The Labute approximate surface area is 74.8 Å². The van der Waals surface area contributed by atoms with Crippen LogP contribution in [0.5, 0.6) is 0 Å². The second kappa shape index (κ2) is 2.45. The maximum absolute atomic E-state index is 5.92. The van der Waals surface area contributed by atoms with Crippen LogP contribution in [0.15, 0.2) is 6.33 Å². The van der Waals surface area contributed by atoms with Crippen LogP contribution in [0.2, 0.25) is 5.15 Å². The van der Waals surface area contributed by atoms with Gasteiger partial charge in [-0.15, -0.1) is 0 Å². The van der Waals surface area contributed by atoms with E-state index in [1.54, 1.807) is 6.33 Å². The highest BCUT2D eigenvalue weighted by atomic mass is 35.5. The minimum Gasteiger partial charge on any atom is -0.276 e. The van der Waals surface area contributed by atoms with E-state index >= 15 is 0 Å². The third kappa shape index (κ3) is 0.898. The number of H-pyrrole nitrogens is 2. The molecular formula is C8H9ClN3+. The summed E-state index contributed by atoms with van der Waals surface area (Å²) in [6.45, 7) is 4.04. The van der Waals surface area contributed by atoms with Crippen LogP contribution in [-0.2, 0) is 0 Å². The van der Waals surface area contributed by atoms with Crippen molar-refractivity contribution in [2.75, 3.05) is 0 Å². The summed E-state index contributed by atoms with van der Waals surface area (Å²) < 4.78 is 0. The summed E-state index contributed by atoms with van der Waals surface area (Å²) >= 11 is 5.92. The van der Waals surface area contributed by atoms with E-state index in [1.807, 2.05) is 13.8 Å². The molecule has 2 rings (SSSR count). The van der Waals surface area contributed by atoms with Gasteiger partial charge < -0.3 is 0 Å². The fraction of sp³-hybridized carbons (Fsp3) is 0.250. The Morgan fingerprint density at radius 3 is 2.92 bits per heavy atom. The number of rotatable bonds is 0. The van der Waals surface area contributed by atoms with Gasteiger partial charge in [-0.1, -0.05) is 4.98 Å². The number of halogens is 1. The Morgan fingerprint density at radius 2 is 2.25 bits per heavy atom. The van der Waals surface area contributed by atoms with E-state index < -0.39 is 0 Å². The molecule has 0 spiro atoms. The second-order valence-corrected chi connectivity index (χ2v) is 3.18. The molecule has 0 aliphatic rings. The average molecular weight is 183 g/mol. The average Bonchev–Trinajstić information content (AvgIpc) is 2.29. The third-order valence-corrected chi connectivity index (χ3v) is 2.38. The van der Waals surface area contributed by atoms with E-state index in [-0.39, 0.29) is 0 Å². The number of aromatic amines is 2. The number of aryl methyl sites for hydroxylation is 2. The van der Waals surface area contributed by atoms with Gasteiger partial charge in [0.15, 0.2) is 0 Å². The molecule has 0 aliphatic heterocycles. The first-order valence-electron chi connectivity index (χ1n) is 3.71. The highest BCUT2D eigenvalue weighted by molar-refractivity contribution is 6.34. The Morgan fingerprint density at radius 1 is 1.50 bits per heavy atom. The molecule has 0 radical (unpaired) electrons. The normalized spacial score (nSPS) is 10.9. The molecule has 2 aromatic rings. The lowest BCUT2D eigenvalue weighted by atomic mass is 10.2. The van der Waals surface area contributed by atoms with Crippen molar-refractivity contribution in [3.63, 3.8) is 0 Å². The molecule has 0 fully saturated rings. The van der Waals surface area contributed by atoms with Gasteiger partial charge in [-0.25, -0.2) is 4.98 Å². The van der Waals surface area contributed by atoms with E-state index in [0.29, 0.717) is 5.15 Å². The molecule has 0 aromatic carbocycles. The topological polar surface area (TPSA) is 42.8 Å². The summed E-state index contributed by atoms with van der Waals surface area (Å²) in [5, 5.41) is 1.53. The van der Waals surface area contributed by atoms with E-state index in [0.717, 1.165) is 22.3 Å². The van der Waals surface area contributed by atoms with Crippen molar-refractivity contribution < 1.29 is 4.98 Å². The summed E-state index contributed by atoms with van der Waals surface area (Å²) in [4.78, 5) is 10.2. The smallest absolute Gasteiger partial charge is 0.235 e. The summed E-state index contributed by atoms with van der Waals surface area (Å²) in [6, 6.07) is 0. The van der Waals surface area contributed by atoms with Gasteiger partial charge in [0.1, 0.15) is 5.39 Å². The first kappa shape index (κ1) is 7.55. The number of nitrogens with zero attached hydrogens (tertiary/aromatic N) is 1. The monoisotopic (exact) mass is 182 g/mol. The lowest BCUT2D eigenvalue weighted by Crippen LogP contribution is -2.03. The predicted octanol–water partition coefficient (Wildman–Crippen LogP) is 1.65. The zero-order chi connectivity index (χ0) is 8.72. The first-order valence-corrected chi connectivity index (χ1v) is 4.09. The van der Waals surface area contributed by atoms with Crippen molar-refractivity contribution in [2.45, 2.75) is 13.8 Å². The van der Waals surface area contributed by atoms with Crippen molar-refractivity contribution >= 4 is 22.6 Å². The quantitative estimate of drug-likeness (QED) is 0.619. The number of nitrogens with one attached hydrogen (secondary N) is 2. The van der Waals surface area contributed by atoms with Crippen LogP contribution in [-0.4, -0.2) is 9.97 Å². The Hall–Kier alpha value is -1.09. The van der Waals surface area contributed by atoms with Crippen molar-refractivity contribution in [3.05, 3.63) is 22.7 Å². The molecule has 3 nitrogen and oxygen atoms in total. The Balaban J connectivity index is 2.97. The molecule has 0 saturated carbocycles. The number of hydrogen-bond acceptors (Lipinski definition) is 1. The molecule has 2 N–H and O–H groups in total. The van der Waals surface area contributed by atoms with Crippen molar-refractivity contribution in [2.24, 2.45) is 0 Å². The molecule has 2 heterocycles. The van der Waals surface area contributed by atoms with Gasteiger partial charge in [0, 0.05) is 5.56 Å². The van der Waals surface area contributed by atoms with Gasteiger partial charge >= 0.3 is 0 Å². The minimum absolute atomic E-state index is 0.547. The predicted molar refractivity (Wildman–Crippen MR) is 47.1 cm³/mol. The van der Waals surface area contributed by atoms with Gasteiger partial charge in [-0.2, -0.15) is 0 Å². The molecule has 12 heavy (non-hydrogen) atoms. The summed E-state index contributed by atoms with van der Waals surface area (Å²) in [5.41, 5.74) is 3.21. The number of hydrogen-bond donors (Lipinski definition) is 1. The van der Waals surface area contributed by atoms with Crippen molar-refractivity contribution in [3.8, 4) is 0 Å². The first-order chi connectivity index (χ1) is 5.70. The van der Waals surface area contributed by atoms with Gasteiger partial charge in [-0.3, -0.25) is 4.98 Å². The molecule has 0 atom stereocenters. The molecular weight excluding hydrogens is 174 g/mol. The standard InChI is InChI=1S/C8H8ClN3/c1-4-5(2)12-8-6(4)7(9)10-3-11-8/h3H,1-2H3,(H,10,11,12)/p+1. The third-order valence-electron chi connectivity index (χ3n) is 2.09. The molecule has 62 valence electrons. The number of aromatic nitrogens is 3. The zero-order valence-corrected chi connectivity index (χ0v) is 7.66. The fourth-order valence-corrected chi connectivity index (χ4v) is 1.59. The van der Waals surface area contributed by atoms with Crippen LogP contribution in [0.3, 0.4) is 0 Å². The van der Waals surface area contributed by atoms with Crippen LogP contribution in [0.4, 0.5) is 0 Å². The maximum Gasteiger partial charge on any atom is 0.235 e. The van der Waals surface area contributed by atoms with Gasteiger partial charge in [0.25, 0.3) is 0 Å². The molecule has 0 unspecified atom stereocenters. The molecule has 0 bridgehead atoms. The van der Waals surface area contributed by atoms with Crippen molar-refractivity contribution in [1.29, 1.82) is 0 Å². The van der Waals surface area contributed by atoms with Gasteiger partial charge in [0.05, 0.1) is 5.69 Å². The van der Waals surface area contributed by atoms with Gasteiger partial charge in [0.2, 0.25) is 17.1 Å². The SMILES string of the molecule is Cc1[nH]c2[nH+]cnc(Cl)c2c1C. The molecule has 4 heteroatoms. The molecule has 2 aromatic heterocycles. The molecule has 0 aliphatic carbocycles. The van der Waals surface area contributed by atoms with Crippen LogP contribution < -0.4 is 4.98 Å². The summed E-state index contributed by atoms with van der Waals surface area (Å²) in [6.07, 6.45) is 1.58. The number of fused-ring (bicyclic) bond motifs is 1. The summed E-state index contributed by atoms with van der Waals surface area (Å²) in [5.74, 6) is 0. The fourth-order valence-electron chi connectivity index (χ4n) is 1.30. The molecule has 0 amide bonds. The highest BCUT2D eigenvalue weighted by Gasteiger charge is 2.13. The van der Waals surface area contributed by atoms with Crippen LogP contribution in [0, 0.1) is 13.8 Å². The van der Waals surface area contributed by atoms with E-state index in [2.05, 4.69) is 15.0 Å². The van der Waals surface area contributed by atoms with Crippen molar-refractivity contribution in [1.82, 2.24) is 9.97 Å². The van der Waals surface area contributed by atoms with E-state index in [9.17, 15) is 0 Å². The summed E-state index contributed by atoms with van der Waals surface area (Å²) in [7, 11) is 0. The van der Waals surface area contributed by atoms with Gasteiger partial charge in [-0.05, 0) is 25.4 Å². The second-order valence-electron chi connectivity index (χ2n) is 2.82. The zero-order valence-electron chi connectivity index (χ0n) is 6.90. The lowest BCUT2D eigenvalue weighted by molar-refractivity contribution is -0.352. The lowest BCUT2D eigenvalue weighted by Gasteiger charge is -1.86. The Bertz CT molecular complexity index is 433. The molecule has 0 saturated heterocycles. The van der Waals surface area contributed by atoms with E-state index in [1.165, 1.54) is 0 Å². The minimum atomic E-state index is 0.547. The largest absolute Gasteiger partial charge is 0.276 e. The van der Waals surface area contributed by atoms with Crippen LogP contribution in [0.25, 0.3) is 11.0 Å². The van der Waals surface area contributed by atoms with E-state index in [4.69, 9.17) is 11.6 Å².